The molecule has 0 aliphatic rings. The Labute approximate surface area is 105 Å². The van der Waals surface area contributed by atoms with Gasteiger partial charge >= 0.3 is 0 Å². The molecule has 0 rings (SSSR count). The molecule has 86 valence electrons. The summed E-state index contributed by atoms with van der Waals surface area (Å²) in [4.78, 5) is 0. The molecule has 0 radical (unpaired) electrons. The summed E-state index contributed by atoms with van der Waals surface area (Å²) >= 11 is 0. The molecule has 1 unspecified atom stereocenters. The summed E-state index contributed by atoms with van der Waals surface area (Å²) in [6.07, 6.45) is 7.66. The smallest absolute Gasteiger partial charge is 0.0608 e. The fourth-order valence-corrected chi connectivity index (χ4v) is 6.67. The van der Waals surface area contributed by atoms with Gasteiger partial charge in [0.1, 0.15) is 0 Å². The largest absolute Gasteiger partial charge is 0.113 e. The van der Waals surface area contributed by atoms with Gasteiger partial charge < -0.3 is 0 Å². The molecule has 0 nitrogen and oxygen atoms in total. The average Bonchev–Trinajstić information content (AvgIpc) is 2.00. The van der Waals surface area contributed by atoms with Crippen molar-refractivity contribution in [1.82, 2.24) is 0 Å². The van der Waals surface area contributed by atoms with Crippen LogP contribution in [0.1, 0.15) is 6.42 Å². The molecule has 0 aromatic heterocycles. The minimum absolute atomic E-state index is 0. The third kappa shape index (κ3) is 13.8. The van der Waals surface area contributed by atoms with E-state index in [0.717, 1.165) is 0 Å². The van der Waals surface area contributed by atoms with Gasteiger partial charge in [-0.25, -0.2) is 0 Å². The second-order valence-electron chi connectivity index (χ2n) is 4.42. The number of hydrogen-bond acceptors (Lipinski definition) is 0. The van der Waals surface area contributed by atoms with E-state index in [2.05, 4.69) is 33.3 Å². The minimum atomic E-state index is 0. The molecule has 4 heteroatoms. The zero-order valence-corrected chi connectivity index (χ0v) is 14.4. The van der Waals surface area contributed by atoms with Gasteiger partial charge in [0.2, 0.25) is 0 Å². The van der Waals surface area contributed by atoms with E-state index in [-0.39, 0.29) is 25.3 Å². The van der Waals surface area contributed by atoms with Crippen molar-refractivity contribution >= 4 is 23.8 Å². The molecule has 0 aliphatic heterocycles. The Morgan fingerprint density at radius 3 is 1.79 bits per heavy atom. The van der Waals surface area contributed by atoms with Crippen LogP contribution in [0.4, 0.5) is 0 Å². The molecule has 0 amide bonds. The van der Waals surface area contributed by atoms with Crippen LogP contribution in [0, 0.1) is 0 Å². The van der Waals surface area contributed by atoms with Crippen LogP contribution in [-0.4, -0.2) is 58.0 Å². The van der Waals surface area contributed by atoms with E-state index in [1.54, 1.807) is 12.3 Å². The van der Waals surface area contributed by atoms with Gasteiger partial charge in [0.15, 0.2) is 0 Å². The van der Waals surface area contributed by atoms with E-state index in [4.69, 9.17) is 0 Å². The molecule has 0 saturated heterocycles. The quantitative estimate of drug-likeness (QED) is 0.627. The van der Waals surface area contributed by atoms with Gasteiger partial charge in [-0.3, -0.25) is 0 Å². The Kier molecular flexibility index (Phi) is 14.7. The van der Waals surface area contributed by atoms with Gasteiger partial charge in [0.05, 0.1) is 12.3 Å². The van der Waals surface area contributed by atoms with Crippen LogP contribution in [0.15, 0.2) is 0 Å². The Balaban J connectivity index is 0. The van der Waals surface area contributed by atoms with Crippen LogP contribution in [0.25, 0.3) is 0 Å². The summed E-state index contributed by atoms with van der Waals surface area (Å²) in [5.74, 6) is 0. The Morgan fingerprint density at radius 1 is 0.857 bits per heavy atom. The average molecular weight is 291 g/mol. The summed E-state index contributed by atoms with van der Waals surface area (Å²) in [5, 5.41) is 0. The van der Waals surface area contributed by atoms with Crippen LogP contribution in [0.2, 0.25) is 0 Å². The van der Waals surface area contributed by atoms with Crippen LogP contribution in [-0.2, 0) is 17.4 Å². The molecule has 0 aromatic carbocycles. The molecule has 0 saturated carbocycles. The predicted octanol–water partition coefficient (Wildman–Crippen LogP) is 3.70. The summed E-state index contributed by atoms with van der Waals surface area (Å²) in [5.41, 5.74) is 0. The second kappa shape index (κ2) is 11.3. The molecule has 0 fully saturated rings. The van der Waals surface area contributed by atoms with E-state index >= 15 is 0 Å². The van der Waals surface area contributed by atoms with Crippen molar-refractivity contribution in [3.8, 4) is 0 Å². The molecule has 0 bridgehead atoms. The molecule has 0 spiro atoms. The first kappa shape index (κ1) is 18.2. The Morgan fingerprint density at radius 2 is 1.36 bits per heavy atom. The van der Waals surface area contributed by atoms with Crippen molar-refractivity contribution in [1.29, 1.82) is 0 Å². The number of rotatable bonds is 7. The van der Waals surface area contributed by atoms with E-state index in [9.17, 15) is 0 Å². The summed E-state index contributed by atoms with van der Waals surface area (Å²) in [6.45, 7) is 12.1. The first-order valence-corrected chi connectivity index (χ1v) is 12.4. The van der Waals surface area contributed by atoms with Crippen LogP contribution >= 0.6 is 23.8 Å². The summed E-state index contributed by atoms with van der Waals surface area (Å²) in [7, 11) is 0.783. The Hall–Kier alpha value is 1.82. The fourth-order valence-electron chi connectivity index (χ4n) is 1.24. The third-order valence-corrected chi connectivity index (χ3v) is 7.25. The predicted molar refractivity (Wildman–Crippen MR) is 75.9 cm³/mol. The van der Waals surface area contributed by atoms with Crippen molar-refractivity contribution in [2.24, 2.45) is 0 Å². The van der Waals surface area contributed by atoms with Crippen molar-refractivity contribution in [3.05, 3.63) is 0 Å². The molecule has 0 aromatic rings. The monoisotopic (exact) mass is 291 g/mol. The zero-order valence-electron chi connectivity index (χ0n) is 10.3. The standard InChI is InChI=1S/C10H25P3.Cr/c1-11(2)7-6-8-13(5)10-9-12(3)4;/h6-10H2,1-5H3;/p+1. The van der Waals surface area contributed by atoms with Gasteiger partial charge in [-0.2, -0.15) is 0 Å². The molecular weight excluding hydrogens is 265 g/mol. The maximum atomic E-state index is 2.52. The SMILES string of the molecule is CP(C)CCC[PH+](C)CCP(C)C.[Cr]. The normalized spacial score (nSPS) is 13.1. The summed E-state index contributed by atoms with van der Waals surface area (Å²) in [6, 6.07) is 0. The minimum Gasteiger partial charge on any atom is -0.113 e. The van der Waals surface area contributed by atoms with Gasteiger partial charge in [-0.1, -0.05) is 0 Å². The van der Waals surface area contributed by atoms with Gasteiger partial charge in [0.25, 0.3) is 0 Å². The van der Waals surface area contributed by atoms with Gasteiger partial charge in [-0.15, -0.1) is 15.8 Å². The van der Waals surface area contributed by atoms with Crippen molar-refractivity contribution in [3.63, 3.8) is 0 Å². The van der Waals surface area contributed by atoms with E-state index < -0.39 is 0 Å². The molecule has 0 heterocycles. The summed E-state index contributed by atoms with van der Waals surface area (Å²) < 4.78 is 0. The van der Waals surface area contributed by atoms with E-state index in [1.165, 1.54) is 18.7 Å². The van der Waals surface area contributed by atoms with E-state index in [1.807, 2.05) is 0 Å². The molecular formula is C10H26CrP3+. The maximum absolute atomic E-state index is 2.52. The maximum Gasteiger partial charge on any atom is 0.0608 e. The van der Waals surface area contributed by atoms with Crippen molar-refractivity contribution in [2.45, 2.75) is 6.42 Å². The first-order valence-electron chi connectivity index (χ1n) is 5.13. The fraction of sp³-hybridized carbons (Fsp3) is 1.00. The number of hydrogen-bond donors (Lipinski definition) is 0. The first-order chi connectivity index (χ1) is 6.02. The molecule has 0 aliphatic carbocycles. The molecule has 14 heavy (non-hydrogen) atoms. The molecule has 0 N–H and O–H groups in total. The molecule has 1 atom stereocenters. The van der Waals surface area contributed by atoms with Crippen molar-refractivity contribution < 1.29 is 17.4 Å². The van der Waals surface area contributed by atoms with Crippen LogP contribution < -0.4 is 0 Å². The topological polar surface area (TPSA) is 0 Å². The second-order valence-corrected chi connectivity index (χ2v) is 12.5. The van der Waals surface area contributed by atoms with Gasteiger partial charge in [0, 0.05) is 30.2 Å². The van der Waals surface area contributed by atoms with Crippen LogP contribution in [0.3, 0.4) is 0 Å². The van der Waals surface area contributed by atoms with Crippen LogP contribution in [0.5, 0.6) is 0 Å². The Bertz CT molecular complexity index is 118. The van der Waals surface area contributed by atoms with E-state index in [0.29, 0.717) is 15.8 Å². The van der Waals surface area contributed by atoms with Crippen molar-refractivity contribution in [2.75, 3.05) is 58.0 Å². The zero-order chi connectivity index (χ0) is 10.3. The van der Waals surface area contributed by atoms with Gasteiger partial charge in [-0.05, 0) is 47.2 Å². The third-order valence-electron chi connectivity index (χ3n) is 2.19.